The highest BCUT2D eigenvalue weighted by atomic mass is 35.5. The molecule has 0 aliphatic carbocycles. The first-order chi connectivity index (χ1) is 7.97. The minimum absolute atomic E-state index is 0.0894. The zero-order valence-corrected chi connectivity index (χ0v) is 9.89. The summed E-state index contributed by atoms with van der Waals surface area (Å²) in [4.78, 5) is 14.9. The van der Waals surface area contributed by atoms with Crippen molar-refractivity contribution in [1.29, 1.82) is 0 Å². The van der Waals surface area contributed by atoms with Crippen molar-refractivity contribution in [2.24, 2.45) is 0 Å². The summed E-state index contributed by atoms with van der Waals surface area (Å²) in [6.45, 7) is 1.71. The fraction of sp³-hybridized carbons (Fsp3) is 0.400. The number of nitrogen functional groups attached to an aromatic ring is 1. The molecule has 0 bridgehead atoms. The fourth-order valence-corrected chi connectivity index (χ4v) is 1.29. The van der Waals surface area contributed by atoms with Crippen molar-refractivity contribution in [3.05, 3.63) is 23.0 Å². The summed E-state index contributed by atoms with van der Waals surface area (Å²) in [6.07, 6.45) is -1.91. The lowest BCUT2D eigenvalue weighted by Gasteiger charge is -2.16. The average molecular weight is 261 g/mol. The quantitative estimate of drug-likeness (QED) is 0.530. The molecule has 0 saturated carbocycles. The number of aliphatic hydroxyl groups is 2. The second kappa shape index (κ2) is 5.81. The van der Waals surface area contributed by atoms with E-state index in [1.54, 1.807) is 6.92 Å². The lowest BCUT2D eigenvalue weighted by molar-refractivity contribution is -0.159. The summed E-state index contributed by atoms with van der Waals surface area (Å²) in [5.74, 6) is -0.909. The van der Waals surface area contributed by atoms with Crippen molar-refractivity contribution in [3.63, 3.8) is 0 Å². The number of hydrogen-bond acceptors (Lipinski definition) is 6. The maximum absolute atomic E-state index is 11.2. The van der Waals surface area contributed by atoms with Gasteiger partial charge in [-0.1, -0.05) is 11.6 Å². The van der Waals surface area contributed by atoms with Crippen LogP contribution < -0.4 is 5.73 Å². The molecule has 17 heavy (non-hydrogen) atoms. The third kappa shape index (κ3) is 3.29. The van der Waals surface area contributed by atoms with E-state index in [0.717, 1.165) is 0 Å². The molecule has 1 aromatic rings. The molecular formula is C10H13ClN2O4. The number of anilines is 1. The van der Waals surface area contributed by atoms with Crippen molar-refractivity contribution >= 4 is 23.3 Å². The molecule has 0 radical (unpaired) electrons. The highest BCUT2D eigenvalue weighted by Crippen LogP contribution is 2.23. The average Bonchev–Trinajstić information content (AvgIpc) is 2.31. The first-order valence-electron chi connectivity index (χ1n) is 4.91. The number of hydrogen-bond donors (Lipinski definition) is 3. The van der Waals surface area contributed by atoms with E-state index < -0.39 is 18.2 Å². The van der Waals surface area contributed by atoms with Crippen LogP contribution in [0.25, 0.3) is 0 Å². The van der Waals surface area contributed by atoms with Gasteiger partial charge in [0.25, 0.3) is 0 Å². The van der Waals surface area contributed by atoms with Gasteiger partial charge < -0.3 is 20.7 Å². The van der Waals surface area contributed by atoms with E-state index in [1.807, 2.05) is 0 Å². The molecule has 0 fully saturated rings. The number of aliphatic hydroxyl groups excluding tert-OH is 2. The normalized spacial score (nSPS) is 14.1. The standard InChI is InChI=1S/C10H13ClN2O4/c1-2-17-10(16)8(15)7(14)5-3-6(12)9(11)13-4-5/h3-4,7-8,14-15H,2,12H2,1H3. The van der Waals surface area contributed by atoms with E-state index in [0.29, 0.717) is 0 Å². The molecule has 7 heteroatoms. The molecule has 0 saturated heterocycles. The van der Waals surface area contributed by atoms with Gasteiger partial charge in [0.05, 0.1) is 12.3 Å². The van der Waals surface area contributed by atoms with Crippen LogP contribution in [0, 0.1) is 0 Å². The fourth-order valence-electron chi connectivity index (χ4n) is 1.18. The van der Waals surface area contributed by atoms with E-state index in [-0.39, 0.29) is 23.0 Å². The van der Waals surface area contributed by atoms with Crippen molar-refractivity contribution in [1.82, 2.24) is 4.98 Å². The van der Waals surface area contributed by atoms with Crippen LogP contribution in [-0.4, -0.2) is 33.9 Å². The van der Waals surface area contributed by atoms with Gasteiger partial charge in [0.15, 0.2) is 11.3 Å². The number of nitrogens with two attached hydrogens (primary N) is 1. The van der Waals surface area contributed by atoms with Crippen molar-refractivity contribution in [2.75, 3.05) is 12.3 Å². The third-order valence-electron chi connectivity index (χ3n) is 2.06. The molecule has 0 aromatic carbocycles. The van der Waals surface area contributed by atoms with Gasteiger partial charge in [0, 0.05) is 11.8 Å². The summed E-state index contributed by atoms with van der Waals surface area (Å²) in [5, 5.41) is 19.3. The van der Waals surface area contributed by atoms with Crippen molar-refractivity contribution < 1.29 is 19.7 Å². The summed E-state index contributed by atoms with van der Waals surface area (Å²) in [5.41, 5.74) is 5.83. The van der Waals surface area contributed by atoms with E-state index in [9.17, 15) is 15.0 Å². The lowest BCUT2D eigenvalue weighted by atomic mass is 10.1. The predicted octanol–water partition coefficient (Wildman–Crippen LogP) is 0.275. The number of carbonyl (C=O) groups is 1. The minimum atomic E-state index is -1.68. The van der Waals surface area contributed by atoms with Crippen LogP contribution in [-0.2, 0) is 9.53 Å². The van der Waals surface area contributed by atoms with E-state index in [1.165, 1.54) is 12.3 Å². The summed E-state index contributed by atoms with van der Waals surface area (Å²) >= 11 is 5.61. The molecule has 2 unspecified atom stereocenters. The number of carbonyl (C=O) groups excluding carboxylic acids is 1. The summed E-state index contributed by atoms with van der Waals surface area (Å²) in [6, 6.07) is 1.34. The molecule has 0 aliphatic heterocycles. The first kappa shape index (κ1) is 13.7. The van der Waals surface area contributed by atoms with Crippen LogP contribution >= 0.6 is 11.6 Å². The topological polar surface area (TPSA) is 106 Å². The Morgan fingerprint density at radius 2 is 2.29 bits per heavy atom. The molecule has 1 rings (SSSR count). The third-order valence-corrected chi connectivity index (χ3v) is 2.37. The largest absolute Gasteiger partial charge is 0.464 e. The van der Waals surface area contributed by atoms with E-state index in [2.05, 4.69) is 9.72 Å². The maximum Gasteiger partial charge on any atom is 0.338 e. The zero-order valence-electron chi connectivity index (χ0n) is 9.13. The molecule has 0 spiro atoms. The molecule has 94 valence electrons. The summed E-state index contributed by atoms with van der Waals surface area (Å²) < 4.78 is 4.57. The lowest BCUT2D eigenvalue weighted by Crippen LogP contribution is -2.30. The number of esters is 1. The monoisotopic (exact) mass is 260 g/mol. The van der Waals surface area contributed by atoms with Crippen molar-refractivity contribution in [2.45, 2.75) is 19.1 Å². The van der Waals surface area contributed by atoms with Crippen LogP contribution in [0.3, 0.4) is 0 Å². The zero-order chi connectivity index (χ0) is 13.0. The maximum atomic E-state index is 11.2. The van der Waals surface area contributed by atoms with Gasteiger partial charge in [-0.3, -0.25) is 0 Å². The Labute approximate surface area is 103 Å². The van der Waals surface area contributed by atoms with Gasteiger partial charge in [-0.15, -0.1) is 0 Å². The second-order valence-corrected chi connectivity index (χ2v) is 3.65. The smallest absolute Gasteiger partial charge is 0.338 e. The highest BCUT2D eigenvalue weighted by molar-refractivity contribution is 6.31. The Morgan fingerprint density at radius 3 is 2.82 bits per heavy atom. The van der Waals surface area contributed by atoms with Crippen LogP contribution in [0.5, 0.6) is 0 Å². The minimum Gasteiger partial charge on any atom is -0.464 e. The van der Waals surface area contributed by atoms with Crippen LogP contribution in [0.15, 0.2) is 12.3 Å². The molecule has 6 nitrogen and oxygen atoms in total. The number of pyridine rings is 1. The molecular weight excluding hydrogens is 248 g/mol. The van der Waals surface area contributed by atoms with Crippen LogP contribution in [0.4, 0.5) is 5.69 Å². The molecule has 1 heterocycles. The van der Waals surface area contributed by atoms with Crippen molar-refractivity contribution in [3.8, 4) is 0 Å². The number of aromatic nitrogens is 1. The SMILES string of the molecule is CCOC(=O)C(O)C(O)c1cnc(Cl)c(N)c1. The highest BCUT2D eigenvalue weighted by Gasteiger charge is 2.27. The van der Waals surface area contributed by atoms with E-state index >= 15 is 0 Å². The number of ether oxygens (including phenoxy) is 1. The van der Waals surface area contributed by atoms with Crippen LogP contribution in [0.2, 0.25) is 5.15 Å². The first-order valence-corrected chi connectivity index (χ1v) is 5.28. The Bertz CT molecular complexity index is 413. The molecule has 0 amide bonds. The molecule has 0 aliphatic rings. The Hall–Kier alpha value is -1.37. The van der Waals surface area contributed by atoms with Gasteiger partial charge in [-0.2, -0.15) is 0 Å². The molecule has 2 atom stereocenters. The van der Waals surface area contributed by atoms with E-state index in [4.69, 9.17) is 17.3 Å². The van der Waals surface area contributed by atoms with Gasteiger partial charge in [-0.05, 0) is 13.0 Å². The van der Waals surface area contributed by atoms with Gasteiger partial charge in [0.2, 0.25) is 0 Å². The predicted molar refractivity (Wildman–Crippen MR) is 61.3 cm³/mol. The Morgan fingerprint density at radius 1 is 1.65 bits per heavy atom. The number of nitrogens with zero attached hydrogens (tertiary/aromatic N) is 1. The summed E-state index contributed by atoms with van der Waals surface area (Å²) in [7, 11) is 0. The Kier molecular flexibility index (Phi) is 4.68. The van der Waals surface area contributed by atoms with Crippen LogP contribution in [0.1, 0.15) is 18.6 Å². The molecule has 1 aromatic heterocycles. The number of halogens is 1. The van der Waals surface area contributed by atoms with Gasteiger partial charge in [0.1, 0.15) is 6.10 Å². The Balaban J connectivity index is 2.84. The number of rotatable bonds is 4. The van der Waals surface area contributed by atoms with Gasteiger partial charge >= 0.3 is 5.97 Å². The second-order valence-electron chi connectivity index (χ2n) is 3.29. The molecule has 4 N–H and O–H groups in total. The van der Waals surface area contributed by atoms with Gasteiger partial charge in [-0.25, -0.2) is 9.78 Å².